The van der Waals surface area contributed by atoms with Gasteiger partial charge in [-0.2, -0.15) is 0 Å². The molecule has 420 valence electrons. The van der Waals surface area contributed by atoms with Crippen molar-refractivity contribution in [2.24, 2.45) is 0 Å². The zero-order chi connectivity index (χ0) is 51.4. The summed E-state index contributed by atoms with van der Waals surface area (Å²) in [4.78, 5) is 38.2. The molecule has 0 amide bonds. The lowest BCUT2D eigenvalue weighted by Crippen LogP contribution is -2.30. The van der Waals surface area contributed by atoms with Gasteiger partial charge in [0.25, 0.3) is 0 Å². The Labute approximate surface area is 443 Å². The Hall–Kier alpha value is -1.85. The van der Waals surface area contributed by atoms with Crippen LogP contribution in [0.5, 0.6) is 0 Å². The lowest BCUT2D eigenvalue weighted by Gasteiger charge is -2.18. The second-order valence-electron chi connectivity index (χ2n) is 22.0. The summed E-state index contributed by atoms with van der Waals surface area (Å²) in [5, 5.41) is 0. The number of carbonyl (C=O) groups is 3. The minimum Gasteiger partial charge on any atom is -0.462 e. The maximum Gasteiger partial charge on any atom is 0.306 e. The van der Waals surface area contributed by atoms with E-state index in [0.717, 1.165) is 64.2 Å². The Bertz CT molecular complexity index is 1040. The summed E-state index contributed by atoms with van der Waals surface area (Å²) in [5.74, 6) is -0.848. The molecule has 0 saturated heterocycles. The molecule has 6 heteroatoms. The number of carbonyl (C=O) groups excluding carboxylic acids is 3. The molecule has 0 N–H and O–H groups in total. The Morgan fingerprint density at radius 3 is 0.746 bits per heavy atom. The van der Waals surface area contributed by atoms with Crippen molar-refractivity contribution in [1.82, 2.24) is 0 Å². The molecule has 0 rings (SSSR count). The molecule has 71 heavy (non-hydrogen) atoms. The molecule has 0 aromatic carbocycles. The van der Waals surface area contributed by atoms with Crippen LogP contribution >= 0.6 is 0 Å². The van der Waals surface area contributed by atoms with E-state index >= 15 is 0 Å². The highest BCUT2D eigenvalue weighted by Gasteiger charge is 2.19. The van der Waals surface area contributed by atoms with E-state index in [-0.39, 0.29) is 31.1 Å². The van der Waals surface area contributed by atoms with Crippen LogP contribution in [0.2, 0.25) is 0 Å². The lowest BCUT2D eigenvalue weighted by atomic mass is 10.0. The number of unbranched alkanes of at least 4 members (excludes halogenated alkanes) is 47. The number of hydrogen-bond acceptors (Lipinski definition) is 6. The van der Waals surface area contributed by atoms with E-state index < -0.39 is 6.10 Å². The van der Waals surface area contributed by atoms with Crippen molar-refractivity contribution in [2.75, 3.05) is 13.2 Å². The van der Waals surface area contributed by atoms with Crippen LogP contribution in [0.15, 0.2) is 12.2 Å². The van der Waals surface area contributed by atoms with Crippen LogP contribution in [0.4, 0.5) is 0 Å². The van der Waals surface area contributed by atoms with Gasteiger partial charge in [-0.1, -0.05) is 322 Å². The van der Waals surface area contributed by atoms with Gasteiger partial charge in [-0.15, -0.1) is 0 Å². The van der Waals surface area contributed by atoms with Crippen LogP contribution in [0.1, 0.15) is 367 Å². The first kappa shape index (κ1) is 69.2. The Kier molecular flexibility index (Phi) is 59.1. The summed E-state index contributed by atoms with van der Waals surface area (Å²) in [6.45, 7) is 6.67. The Morgan fingerprint density at radius 1 is 0.268 bits per heavy atom. The lowest BCUT2D eigenvalue weighted by molar-refractivity contribution is -0.167. The summed E-state index contributed by atoms with van der Waals surface area (Å²) in [6, 6.07) is 0. The highest BCUT2D eigenvalue weighted by atomic mass is 16.6. The molecule has 0 aliphatic rings. The zero-order valence-electron chi connectivity index (χ0n) is 48.3. The van der Waals surface area contributed by atoms with E-state index in [9.17, 15) is 14.4 Å². The molecule has 0 radical (unpaired) electrons. The molecule has 0 aliphatic heterocycles. The maximum absolute atomic E-state index is 12.8. The van der Waals surface area contributed by atoms with Gasteiger partial charge in [0.15, 0.2) is 6.10 Å². The van der Waals surface area contributed by atoms with E-state index in [4.69, 9.17) is 14.2 Å². The third kappa shape index (κ3) is 58.9. The molecule has 0 saturated carbocycles. The van der Waals surface area contributed by atoms with Crippen molar-refractivity contribution in [3.63, 3.8) is 0 Å². The van der Waals surface area contributed by atoms with Gasteiger partial charge in [0.2, 0.25) is 0 Å². The third-order valence-corrected chi connectivity index (χ3v) is 14.8. The minimum atomic E-state index is -0.769. The maximum atomic E-state index is 12.8. The normalized spacial score (nSPS) is 11.6. The fourth-order valence-electron chi connectivity index (χ4n) is 9.90. The second kappa shape index (κ2) is 60.7. The molecule has 0 aromatic rings. The fraction of sp³-hybridized carbons (Fsp3) is 0.923. The van der Waals surface area contributed by atoms with Gasteiger partial charge >= 0.3 is 17.9 Å². The van der Waals surface area contributed by atoms with Gasteiger partial charge in [0.05, 0.1) is 0 Å². The minimum absolute atomic E-state index is 0.0672. The summed E-state index contributed by atoms with van der Waals surface area (Å²) in [7, 11) is 0. The van der Waals surface area contributed by atoms with E-state index in [1.807, 2.05) is 0 Å². The van der Waals surface area contributed by atoms with Gasteiger partial charge in [-0.25, -0.2) is 0 Å². The monoisotopic (exact) mass is 1000 g/mol. The Morgan fingerprint density at radius 2 is 0.479 bits per heavy atom. The smallest absolute Gasteiger partial charge is 0.306 e. The zero-order valence-corrected chi connectivity index (χ0v) is 48.3. The van der Waals surface area contributed by atoms with Crippen LogP contribution in [0.3, 0.4) is 0 Å². The molecule has 0 spiro atoms. The molecular formula is C65H124O6. The SMILES string of the molecule is CCCC/C=C\CCCCCCCC(=O)OC(COC(=O)CCCCCCCCCCCCCCCCCCCCCCC)COC(=O)CCCCCCCCCCCCCCCCCCCCCCC. The highest BCUT2D eigenvalue weighted by molar-refractivity contribution is 5.71. The largest absolute Gasteiger partial charge is 0.462 e. The number of hydrogen-bond donors (Lipinski definition) is 0. The number of ether oxygens (including phenoxy) is 3. The van der Waals surface area contributed by atoms with Crippen LogP contribution in [0.25, 0.3) is 0 Å². The topological polar surface area (TPSA) is 78.9 Å². The molecule has 0 fully saturated rings. The number of esters is 3. The average Bonchev–Trinajstić information content (AvgIpc) is 3.37. The molecular weight excluding hydrogens is 877 g/mol. The van der Waals surface area contributed by atoms with Crippen LogP contribution < -0.4 is 0 Å². The fourth-order valence-corrected chi connectivity index (χ4v) is 9.90. The standard InChI is InChI=1S/C65H124O6/c1-4-7-10-13-16-19-22-24-26-28-30-32-34-36-38-40-43-45-48-51-54-57-63(66)69-60-62(71-65(68)59-56-53-50-47-42-21-18-15-12-9-6-3)61-70-64(67)58-55-52-49-46-44-41-39-37-35-33-31-29-27-25-23-20-17-14-11-8-5-2/h15,18,62H,4-14,16-17,19-61H2,1-3H3/b18-15-. The summed E-state index contributed by atoms with van der Waals surface area (Å²) in [6.07, 6.45) is 70.9. The molecule has 0 aromatic heterocycles. The molecule has 6 nitrogen and oxygen atoms in total. The predicted molar refractivity (Wildman–Crippen MR) is 307 cm³/mol. The van der Waals surface area contributed by atoms with Crippen molar-refractivity contribution in [3.05, 3.63) is 12.2 Å². The van der Waals surface area contributed by atoms with E-state index in [1.54, 1.807) is 0 Å². The molecule has 0 aliphatic carbocycles. The van der Waals surface area contributed by atoms with Gasteiger partial charge in [-0.3, -0.25) is 14.4 Å². The number of allylic oxidation sites excluding steroid dienone is 2. The quantitative estimate of drug-likeness (QED) is 0.0261. The summed E-state index contributed by atoms with van der Waals surface area (Å²) < 4.78 is 16.9. The van der Waals surface area contributed by atoms with E-state index in [0.29, 0.717) is 19.3 Å². The van der Waals surface area contributed by atoms with Crippen molar-refractivity contribution in [3.8, 4) is 0 Å². The van der Waals surface area contributed by atoms with Gasteiger partial charge in [0.1, 0.15) is 13.2 Å². The third-order valence-electron chi connectivity index (χ3n) is 14.8. The molecule has 0 heterocycles. The van der Waals surface area contributed by atoms with Crippen LogP contribution in [-0.4, -0.2) is 37.2 Å². The van der Waals surface area contributed by atoms with Crippen molar-refractivity contribution in [2.45, 2.75) is 374 Å². The van der Waals surface area contributed by atoms with Gasteiger partial charge in [-0.05, 0) is 38.5 Å². The number of rotatable bonds is 60. The second-order valence-corrected chi connectivity index (χ2v) is 22.0. The summed E-state index contributed by atoms with van der Waals surface area (Å²) in [5.41, 5.74) is 0. The van der Waals surface area contributed by atoms with Crippen LogP contribution in [0, 0.1) is 0 Å². The van der Waals surface area contributed by atoms with E-state index in [2.05, 4.69) is 32.9 Å². The average molecular weight is 1000 g/mol. The Balaban J connectivity index is 4.18. The first-order valence-electron chi connectivity index (χ1n) is 32.2. The van der Waals surface area contributed by atoms with Crippen molar-refractivity contribution >= 4 is 17.9 Å². The van der Waals surface area contributed by atoms with Crippen molar-refractivity contribution in [1.29, 1.82) is 0 Å². The van der Waals surface area contributed by atoms with Crippen molar-refractivity contribution < 1.29 is 28.6 Å². The predicted octanol–water partition coefficient (Wildman–Crippen LogP) is 21.7. The first-order valence-corrected chi connectivity index (χ1v) is 32.2. The first-order chi connectivity index (χ1) is 35.0. The highest BCUT2D eigenvalue weighted by Crippen LogP contribution is 2.18. The molecule has 0 unspecified atom stereocenters. The van der Waals surface area contributed by atoms with E-state index in [1.165, 1.54) is 263 Å². The summed E-state index contributed by atoms with van der Waals surface area (Å²) >= 11 is 0. The van der Waals surface area contributed by atoms with Gasteiger partial charge in [0, 0.05) is 19.3 Å². The molecule has 0 atom stereocenters. The molecule has 0 bridgehead atoms. The van der Waals surface area contributed by atoms with Crippen LogP contribution in [-0.2, 0) is 28.6 Å². The van der Waals surface area contributed by atoms with Gasteiger partial charge < -0.3 is 14.2 Å².